The zero-order valence-corrected chi connectivity index (χ0v) is 19.4. The largest absolute Gasteiger partial charge is 0.416 e. The molecule has 0 radical (unpaired) electrons. The zero-order chi connectivity index (χ0) is 25.0. The Labute approximate surface area is 204 Å². The molecule has 0 spiro atoms. The second-order valence-electron chi connectivity index (χ2n) is 7.91. The summed E-state index contributed by atoms with van der Waals surface area (Å²) in [6.45, 7) is 4.01. The first-order chi connectivity index (χ1) is 16.7. The topological polar surface area (TPSA) is 97.4 Å². The number of hydrogen-bond acceptors (Lipinski definition) is 5. The fourth-order valence-corrected chi connectivity index (χ4v) is 3.79. The molecule has 0 bridgehead atoms. The second-order valence-corrected chi connectivity index (χ2v) is 8.34. The fraction of sp³-hybridized carbons (Fsp3) is 0.304. The molecule has 0 aliphatic carbocycles. The van der Waals surface area contributed by atoms with E-state index < -0.39 is 17.8 Å². The van der Waals surface area contributed by atoms with Gasteiger partial charge in [0.15, 0.2) is 5.82 Å². The first-order valence-electron chi connectivity index (χ1n) is 10.9. The van der Waals surface area contributed by atoms with Crippen molar-refractivity contribution in [3.8, 4) is 16.9 Å². The van der Waals surface area contributed by atoms with Crippen LogP contribution in [-0.2, 0) is 10.9 Å². The second kappa shape index (κ2) is 10.5. The van der Waals surface area contributed by atoms with E-state index >= 15 is 0 Å². The van der Waals surface area contributed by atoms with Crippen molar-refractivity contribution in [2.75, 3.05) is 50.4 Å². The van der Waals surface area contributed by atoms with E-state index in [1.165, 1.54) is 16.8 Å². The molecule has 1 saturated heterocycles. The van der Waals surface area contributed by atoms with Gasteiger partial charge in [-0.3, -0.25) is 4.90 Å². The molecule has 4 N–H and O–H groups in total. The molecule has 3 aromatic rings. The maximum Gasteiger partial charge on any atom is 0.416 e. The Balaban J connectivity index is 1.57. The van der Waals surface area contributed by atoms with Gasteiger partial charge in [0.25, 0.3) is 0 Å². The predicted octanol–water partition coefficient (Wildman–Crippen LogP) is 4.25. The van der Waals surface area contributed by atoms with Crippen LogP contribution < -0.4 is 16.4 Å². The number of aromatic nitrogens is 2. The molecule has 35 heavy (non-hydrogen) atoms. The number of carbonyl (C=O) groups excluding carboxylic acids is 1. The highest BCUT2D eigenvalue weighted by Crippen LogP contribution is 2.35. The van der Waals surface area contributed by atoms with Gasteiger partial charge < -0.3 is 21.1 Å². The molecular weight excluding hydrogens is 485 g/mol. The lowest BCUT2D eigenvalue weighted by atomic mass is 10.1. The molecule has 12 heteroatoms. The number of nitrogens with zero attached hydrogens (tertiary/aromatic N) is 3. The van der Waals surface area contributed by atoms with Gasteiger partial charge in [0.1, 0.15) is 11.4 Å². The number of nitrogens with two attached hydrogens (primary N) is 1. The number of morpholine rings is 1. The Morgan fingerprint density at radius 3 is 2.37 bits per heavy atom. The van der Waals surface area contributed by atoms with Gasteiger partial charge in [-0.1, -0.05) is 23.7 Å². The zero-order valence-electron chi connectivity index (χ0n) is 18.6. The van der Waals surface area contributed by atoms with E-state index in [1.54, 1.807) is 24.3 Å². The number of hydrogen-bond donors (Lipinski definition) is 3. The number of alkyl halides is 3. The minimum atomic E-state index is -4.46. The highest BCUT2D eigenvalue weighted by Gasteiger charge is 2.30. The van der Waals surface area contributed by atoms with Crippen molar-refractivity contribution in [3.63, 3.8) is 0 Å². The standard InChI is InChI=1S/C23H24ClF3N6O2/c24-17-5-1-15(2-6-17)19-20(30-22(34)29-9-10-32-11-13-35-14-12-32)21(28)33(31-19)18-7-3-16(4-8-18)23(25,26)27/h1-8H,9-14,28H2,(H2,29,30,34). The number of nitrogens with one attached hydrogen (secondary N) is 2. The number of amides is 2. The van der Waals surface area contributed by atoms with Gasteiger partial charge in [-0.15, -0.1) is 0 Å². The van der Waals surface area contributed by atoms with Crippen LogP contribution >= 0.6 is 11.6 Å². The number of carbonyl (C=O) groups is 1. The van der Waals surface area contributed by atoms with Crippen molar-refractivity contribution in [2.45, 2.75) is 6.18 Å². The molecule has 2 amide bonds. The Hall–Kier alpha value is -3.28. The van der Waals surface area contributed by atoms with Gasteiger partial charge in [0.2, 0.25) is 0 Å². The fourth-order valence-electron chi connectivity index (χ4n) is 3.66. The van der Waals surface area contributed by atoms with Gasteiger partial charge in [0.05, 0.1) is 24.5 Å². The summed E-state index contributed by atoms with van der Waals surface area (Å²) in [5.41, 5.74) is 7.03. The number of rotatable bonds is 6. The van der Waals surface area contributed by atoms with E-state index in [-0.39, 0.29) is 11.5 Å². The third-order valence-electron chi connectivity index (χ3n) is 5.53. The van der Waals surface area contributed by atoms with E-state index in [2.05, 4.69) is 20.6 Å². The SMILES string of the molecule is Nc1c(NC(=O)NCCN2CCOCC2)c(-c2ccc(Cl)cc2)nn1-c1ccc(C(F)(F)F)cc1. The molecule has 186 valence electrons. The highest BCUT2D eigenvalue weighted by atomic mass is 35.5. The van der Waals surface area contributed by atoms with E-state index in [9.17, 15) is 18.0 Å². The third-order valence-corrected chi connectivity index (χ3v) is 5.79. The van der Waals surface area contributed by atoms with Crippen molar-refractivity contribution in [2.24, 2.45) is 0 Å². The lowest BCUT2D eigenvalue weighted by molar-refractivity contribution is -0.137. The minimum absolute atomic E-state index is 0.0676. The van der Waals surface area contributed by atoms with E-state index in [0.717, 1.165) is 25.2 Å². The number of urea groups is 1. The summed E-state index contributed by atoms with van der Waals surface area (Å²) < 4.78 is 45.5. The summed E-state index contributed by atoms with van der Waals surface area (Å²) in [5.74, 6) is 0.0676. The molecule has 0 atom stereocenters. The lowest BCUT2D eigenvalue weighted by Crippen LogP contribution is -2.42. The molecule has 1 aliphatic rings. The molecule has 1 aliphatic heterocycles. The van der Waals surface area contributed by atoms with Crippen LogP contribution in [0.25, 0.3) is 16.9 Å². The van der Waals surface area contributed by atoms with Crippen LogP contribution in [0.4, 0.5) is 29.5 Å². The summed E-state index contributed by atoms with van der Waals surface area (Å²) in [6.07, 6.45) is -4.46. The Morgan fingerprint density at radius 2 is 1.74 bits per heavy atom. The van der Waals surface area contributed by atoms with Gasteiger partial charge in [0, 0.05) is 36.8 Å². The average Bonchev–Trinajstić information content (AvgIpc) is 3.15. The Morgan fingerprint density at radius 1 is 1.09 bits per heavy atom. The van der Waals surface area contributed by atoms with Crippen LogP contribution in [0.1, 0.15) is 5.56 Å². The van der Waals surface area contributed by atoms with Gasteiger partial charge >= 0.3 is 12.2 Å². The molecule has 0 saturated carbocycles. The normalized spacial score (nSPS) is 14.6. The molecule has 4 rings (SSSR count). The van der Waals surface area contributed by atoms with Crippen LogP contribution in [0.5, 0.6) is 0 Å². The highest BCUT2D eigenvalue weighted by molar-refractivity contribution is 6.30. The molecule has 1 fully saturated rings. The molecule has 8 nitrogen and oxygen atoms in total. The maximum absolute atomic E-state index is 13.0. The van der Waals surface area contributed by atoms with Gasteiger partial charge in [-0.05, 0) is 36.4 Å². The molecule has 0 unspecified atom stereocenters. The van der Waals surface area contributed by atoms with Crippen LogP contribution in [0.2, 0.25) is 5.02 Å². The summed E-state index contributed by atoms with van der Waals surface area (Å²) in [6, 6.07) is 10.7. The van der Waals surface area contributed by atoms with Crippen LogP contribution in [0.3, 0.4) is 0 Å². The number of ether oxygens (including phenoxy) is 1. The van der Waals surface area contributed by atoms with Crippen molar-refractivity contribution < 1.29 is 22.7 Å². The first-order valence-corrected chi connectivity index (χ1v) is 11.3. The maximum atomic E-state index is 13.0. The van der Waals surface area contributed by atoms with Crippen LogP contribution in [-0.4, -0.2) is 60.1 Å². The Bertz CT molecular complexity index is 1160. The van der Waals surface area contributed by atoms with Crippen molar-refractivity contribution in [1.29, 1.82) is 0 Å². The van der Waals surface area contributed by atoms with E-state index in [4.69, 9.17) is 22.1 Å². The Kier molecular flexibility index (Phi) is 7.48. The number of anilines is 2. The third kappa shape index (κ3) is 6.05. The van der Waals surface area contributed by atoms with Gasteiger partial charge in [-0.2, -0.15) is 18.3 Å². The average molecular weight is 509 g/mol. The predicted molar refractivity (Wildman–Crippen MR) is 128 cm³/mol. The summed E-state index contributed by atoms with van der Waals surface area (Å²) in [7, 11) is 0. The minimum Gasteiger partial charge on any atom is -0.382 e. The van der Waals surface area contributed by atoms with E-state index in [0.29, 0.717) is 48.3 Å². The van der Waals surface area contributed by atoms with Crippen LogP contribution in [0.15, 0.2) is 48.5 Å². The van der Waals surface area contributed by atoms with E-state index in [1.807, 2.05) is 0 Å². The molecule has 2 heterocycles. The lowest BCUT2D eigenvalue weighted by Gasteiger charge is -2.26. The molecule has 2 aromatic carbocycles. The molecular formula is C23H24ClF3N6O2. The quantitative estimate of drug-likeness (QED) is 0.462. The smallest absolute Gasteiger partial charge is 0.382 e. The van der Waals surface area contributed by atoms with Crippen molar-refractivity contribution in [1.82, 2.24) is 20.0 Å². The number of halogens is 4. The van der Waals surface area contributed by atoms with Crippen LogP contribution in [0, 0.1) is 0 Å². The number of benzene rings is 2. The summed E-state index contributed by atoms with van der Waals surface area (Å²) in [5, 5.41) is 10.5. The van der Waals surface area contributed by atoms with Crippen molar-refractivity contribution in [3.05, 3.63) is 59.1 Å². The summed E-state index contributed by atoms with van der Waals surface area (Å²) >= 11 is 5.99. The van der Waals surface area contributed by atoms with Crippen molar-refractivity contribution >= 4 is 29.1 Å². The summed E-state index contributed by atoms with van der Waals surface area (Å²) in [4.78, 5) is 14.8. The monoisotopic (exact) mass is 508 g/mol. The van der Waals surface area contributed by atoms with Gasteiger partial charge in [-0.25, -0.2) is 9.48 Å². The molecule has 1 aromatic heterocycles. The first kappa shape index (κ1) is 24.8. The number of nitrogen functional groups attached to an aromatic ring is 1.